The topological polar surface area (TPSA) is 54.0 Å². The number of nitrogens with zero attached hydrogens (tertiary/aromatic N) is 1. The fourth-order valence-electron chi connectivity index (χ4n) is 2.06. The lowest BCUT2D eigenvalue weighted by Gasteiger charge is -2.08. The van der Waals surface area contributed by atoms with E-state index in [9.17, 15) is 9.18 Å². The van der Waals surface area contributed by atoms with Crippen molar-refractivity contribution in [1.82, 2.24) is 4.98 Å². The highest BCUT2D eigenvalue weighted by Gasteiger charge is 2.06. The number of anilines is 3. The third-order valence-electron chi connectivity index (χ3n) is 3.22. The van der Waals surface area contributed by atoms with Crippen molar-refractivity contribution in [3.05, 3.63) is 83.3 Å². The van der Waals surface area contributed by atoms with E-state index in [1.165, 1.54) is 12.1 Å². The van der Waals surface area contributed by atoms with E-state index in [4.69, 9.17) is 11.6 Å². The van der Waals surface area contributed by atoms with E-state index < -0.39 is 0 Å². The van der Waals surface area contributed by atoms with Gasteiger partial charge in [-0.2, -0.15) is 0 Å². The maximum atomic E-state index is 13.2. The standard InChI is InChI=1S/C18H13ClFN3O/c19-13-6-4-12(5-7-13)18(24)23-17-9-8-16(11-21-17)22-15-3-1-2-14(20)10-15/h1-11,22H,(H,21,23,24). The molecule has 1 aromatic heterocycles. The van der Waals surface area contributed by atoms with Crippen molar-refractivity contribution < 1.29 is 9.18 Å². The molecule has 2 N–H and O–H groups in total. The molecule has 0 saturated carbocycles. The largest absolute Gasteiger partial charge is 0.354 e. The van der Waals surface area contributed by atoms with Gasteiger partial charge in [-0.15, -0.1) is 0 Å². The van der Waals surface area contributed by atoms with Gasteiger partial charge in [0.1, 0.15) is 11.6 Å². The summed E-state index contributed by atoms with van der Waals surface area (Å²) < 4.78 is 13.2. The summed E-state index contributed by atoms with van der Waals surface area (Å²) >= 11 is 5.80. The lowest BCUT2D eigenvalue weighted by molar-refractivity contribution is 0.102. The summed E-state index contributed by atoms with van der Waals surface area (Å²) in [4.78, 5) is 16.3. The third kappa shape index (κ3) is 4.08. The number of amides is 1. The minimum Gasteiger partial charge on any atom is -0.354 e. The second kappa shape index (κ2) is 7.10. The van der Waals surface area contributed by atoms with Gasteiger partial charge in [-0.3, -0.25) is 4.79 Å². The summed E-state index contributed by atoms with van der Waals surface area (Å²) in [5.74, 6) is -0.176. The molecule has 0 radical (unpaired) electrons. The van der Waals surface area contributed by atoms with Gasteiger partial charge in [-0.1, -0.05) is 17.7 Å². The normalized spacial score (nSPS) is 10.2. The van der Waals surface area contributed by atoms with Crippen LogP contribution in [0.25, 0.3) is 0 Å². The van der Waals surface area contributed by atoms with Gasteiger partial charge in [0.25, 0.3) is 5.91 Å². The van der Waals surface area contributed by atoms with Gasteiger partial charge in [-0.25, -0.2) is 9.37 Å². The van der Waals surface area contributed by atoms with Crippen LogP contribution in [0.1, 0.15) is 10.4 Å². The minimum atomic E-state index is -0.320. The molecular formula is C18H13ClFN3O. The zero-order valence-corrected chi connectivity index (χ0v) is 13.2. The molecule has 1 heterocycles. The minimum absolute atomic E-state index is 0.273. The highest BCUT2D eigenvalue weighted by Crippen LogP contribution is 2.18. The van der Waals surface area contributed by atoms with Crippen LogP contribution in [0.2, 0.25) is 5.02 Å². The van der Waals surface area contributed by atoms with Crippen molar-refractivity contribution in [1.29, 1.82) is 0 Å². The van der Waals surface area contributed by atoms with Crippen molar-refractivity contribution in [3.63, 3.8) is 0 Å². The van der Waals surface area contributed by atoms with Crippen LogP contribution in [0.5, 0.6) is 0 Å². The Morgan fingerprint density at radius 2 is 1.79 bits per heavy atom. The first kappa shape index (κ1) is 16.0. The Morgan fingerprint density at radius 3 is 2.46 bits per heavy atom. The molecule has 3 rings (SSSR count). The lowest BCUT2D eigenvalue weighted by atomic mass is 10.2. The Labute approximate surface area is 143 Å². The van der Waals surface area contributed by atoms with E-state index in [0.29, 0.717) is 27.8 Å². The van der Waals surface area contributed by atoms with E-state index in [1.54, 1.807) is 54.7 Å². The van der Waals surface area contributed by atoms with Crippen LogP contribution in [0.4, 0.5) is 21.6 Å². The second-order valence-corrected chi connectivity index (χ2v) is 5.46. The van der Waals surface area contributed by atoms with E-state index in [1.807, 2.05) is 0 Å². The number of aromatic nitrogens is 1. The maximum absolute atomic E-state index is 13.2. The molecule has 0 unspecified atom stereocenters. The quantitative estimate of drug-likeness (QED) is 0.711. The van der Waals surface area contributed by atoms with Crippen LogP contribution in [-0.4, -0.2) is 10.9 Å². The van der Waals surface area contributed by atoms with Crippen molar-refractivity contribution in [2.24, 2.45) is 0 Å². The predicted molar refractivity (Wildman–Crippen MR) is 93.3 cm³/mol. The monoisotopic (exact) mass is 341 g/mol. The van der Waals surface area contributed by atoms with E-state index >= 15 is 0 Å². The average molecular weight is 342 g/mol. The molecular weight excluding hydrogens is 329 g/mol. The van der Waals surface area contributed by atoms with Crippen LogP contribution in [0.3, 0.4) is 0 Å². The Kier molecular flexibility index (Phi) is 4.72. The van der Waals surface area contributed by atoms with E-state index in [-0.39, 0.29) is 11.7 Å². The number of pyridine rings is 1. The van der Waals surface area contributed by atoms with Gasteiger partial charge in [0.15, 0.2) is 0 Å². The molecule has 120 valence electrons. The van der Waals surface area contributed by atoms with Crippen LogP contribution in [0.15, 0.2) is 66.9 Å². The SMILES string of the molecule is O=C(Nc1ccc(Nc2cccc(F)c2)cn1)c1ccc(Cl)cc1. The first-order chi connectivity index (χ1) is 11.6. The molecule has 0 aliphatic rings. The molecule has 0 atom stereocenters. The molecule has 0 aliphatic heterocycles. The van der Waals surface area contributed by atoms with Crippen molar-refractivity contribution in [2.75, 3.05) is 10.6 Å². The number of halogens is 2. The molecule has 1 amide bonds. The van der Waals surface area contributed by atoms with Gasteiger partial charge >= 0.3 is 0 Å². The van der Waals surface area contributed by atoms with Crippen LogP contribution in [-0.2, 0) is 0 Å². The van der Waals surface area contributed by atoms with Gasteiger partial charge in [0.05, 0.1) is 11.9 Å². The molecule has 0 bridgehead atoms. The number of nitrogens with one attached hydrogen (secondary N) is 2. The number of rotatable bonds is 4. The van der Waals surface area contributed by atoms with Crippen LogP contribution < -0.4 is 10.6 Å². The summed E-state index contributed by atoms with van der Waals surface area (Å²) in [6, 6.07) is 16.1. The first-order valence-electron chi connectivity index (χ1n) is 7.16. The highest BCUT2D eigenvalue weighted by atomic mass is 35.5. The van der Waals surface area contributed by atoms with Crippen LogP contribution in [0, 0.1) is 5.82 Å². The Morgan fingerprint density at radius 1 is 1.00 bits per heavy atom. The summed E-state index contributed by atoms with van der Waals surface area (Å²) in [6.45, 7) is 0. The Bertz CT molecular complexity index is 851. The third-order valence-corrected chi connectivity index (χ3v) is 3.48. The molecule has 6 heteroatoms. The van der Waals surface area contributed by atoms with E-state index in [0.717, 1.165) is 0 Å². The van der Waals surface area contributed by atoms with Gasteiger partial charge in [0.2, 0.25) is 0 Å². The summed E-state index contributed by atoms with van der Waals surface area (Å²) in [6.07, 6.45) is 1.56. The number of hydrogen-bond acceptors (Lipinski definition) is 3. The molecule has 3 aromatic rings. The number of carbonyl (C=O) groups excluding carboxylic acids is 1. The zero-order valence-electron chi connectivity index (χ0n) is 12.5. The van der Waals surface area contributed by atoms with Gasteiger partial charge < -0.3 is 10.6 Å². The molecule has 4 nitrogen and oxygen atoms in total. The summed E-state index contributed by atoms with van der Waals surface area (Å²) in [7, 11) is 0. The molecule has 0 saturated heterocycles. The van der Waals surface area contributed by atoms with Crippen LogP contribution >= 0.6 is 11.6 Å². The fraction of sp³-hybridized carbons (Fsp3) is 0. The summed E-state index contributed by atoms with van der Waals surface area (Å²) in [5, 5.41) is 6.30. The number of hydrogen-bond donors (Lipinski definition) is 2. The molecule has 0 aliphatic carbocycles. The van der Waals surface area contributed by atoms with Gasteiger partial charge in [-0.05, 0) is 54.6 Å². The smallest absolute Gasteiger partial charge is 0.256 e. The van der Waals surface area contributed by atoms with Crippen molar-refractivity contribution >= 4 is 34.7 Å². The highest BCUT2D eigenvalue weighted by molar-refractivity contribution is 6.30. The number of carbonyl (C=O) groups is 1. The molecule has 0 fully saturated rings. The Hall–Kier alpha value is -2.92. The van der Waals surface area contributed by atoms with Crippen molar-refractivity contribution in [2.45, 2.75) is 0 Å². The Balaban J connectivity index is 1.66. The molecule has 24 heavy (non-hydrogen) atoms. The molecule has 0 spiro atoms. The lowest BCUT2D eigenvalue weighted by Crippen LogP contribution is -2.12. The van der Waals surface area contributed by atoms with E-state index in [2.05, 4.69) is 15.6 Å². The average Bonchev–Trinajstić information content (AvgIpc) is 2.57. The summed E-state index contributed by atoms with van der Waals surface area (Å²) in [5.41, 5.74) is 1.79. The molecule has 2 aromatic carbocycles. The van der Waals surface area contributed by atoms with Crippen molar-refractivity contribution in [3.8, 4) is 0 Å². The fourth-order valence-corrected chi connectivity index (χ4v) is 2.19. The number of benzene rings is 2. The van der Waals surface area contributed by atoms with Gasteiger partial charge in [0, 0.05) is 16.3 Å². The second-order valence-electron chi connectivity index (χ2n) is 5.03. The predicted octanol–water partition coefficient (Wildman–Crippen LogP) is 4.87. The maximum Gasteiger partial charge on any atom is 0.256 e. The zero-order chi connectivity index (χ0) is 16.9. The first-order valence-corrected chi connectivity index (χ1v) is 7.53.